The number of hydrogen-bond acceptors (Lipinski definition) is 5. The molecule has 3 aromatic heterocycles. The number of nitrogens with one attached hydrogen (secondary N) is 1. The van der Waals surface area contributed by atoms with Crippen LogP contribution in [0.1, 0.15) is 35.9 Å². The zero-order valence-corrected chi connectivity index (χ0v) is 18.8. The molecule has 0 aliphatic carbocycles. The van der Waals surface area contributed by atoms with Gasteiger partial charge >= 0.3 is 0 Å². The highest BCUT2D eigenvalue weighted by Crippen LogP contribution is 2.33. The molecule has 164 valence electrons. The van der Waals surface area contributed by atoms with Crippen molar-refractivity contribution in [3.05, 3.63) is 71.3 Å². The Labute approximate surface area is 187 Å². The van der Waals surface area contributed by atoms with Crippen LogP contribution in [0.2, 0.25) is 0 Å². The van der Waals surface area contributed by atoms with Crippen molar-refractivity contribution in [2.45, 2.75) is 40.3 Å². The monoisotopic (exact) mass is 429 g/mol. The molecule has 32 heavy (non-hydrogen) atoms. The molecular formula is C25H27N5O2. The maximum atomic E-state index is 11.7. The van der Waals surface area contributed by atoms with Gasteiger partial charge in [0, 0.05) is 48.1 Å². The van der Waals surface area contributed by atoms with Gasteiger partial charge in [-0.25, -0.2) is 4.98 Å². The highest BCUT2D eigenvalue weighted by molar-refractivity contribution is 5.97. The standard InChI is InChI=1S/C25H27N5O2/c1-5-24(31)27-14-21-20(16(2)9-11-26-21)15-32-23-8-6-7-18-19(13-17(3)29-25(18)23)22-10-12-28-30(22)4/h6-13H,5,14-15H2,1-4H3,(H,27,31). The molecule has 0 fully saturated rings. The van der Waals surface area contributed by atoms with E-state index in [2.05, 4.69) is 27.5 Å². The van der Waals surface area contributed by atoms with Gasteiger partial charge in [-0.05, 0) is 43.7 Å². The third-order valence-corrected chi connectivity index (χ3v) is 5.55. The number of para-hydroxylation sites is 1. The van der Waals surface area contributed by atoms with Crippen LogP contribution in [0.5, 0.6) is 5.75 Å². The fourth-order valence-electron chi connectivity index (χ4n) is 3.77. The summed E-state index contributed by atoms with van der Waals surface area (Å²) in [6.07, 6.45) is 3.99. The van der Waals surface area contributed by atoms with Gasteiger partial charge in [0.05, 0.1) is 17.9 Å². The third kappa shape index (κ3) is 4.32. The second-order valence-electron chi connectivity index (χ2n) is 7.78. The molecule has 0 spiro atoms. The fourth-order valence-corrected chi connectivity index (χ4v) is 3.77. The van der Waals surface area contributed by atoms with Gasteiger partial charge in [0.1, 0.15) is 17.9 Å². The number of rotatable bonds is 7. The molecule has 0 atom stereocenters. The van der Waals surface area contributed by atoms with Crippen molar-refractivity contribution in [1.82, 2.24) is 25.1 Å². The molecule has 1 aromatic carbocycles. The number of carbonyl (C=O) groups is 1. The van der Waals surface area contributed by atoms with Gasteiger partial charge in [0.25, 0.3) is 0 Å². The number of aromatic nitrogens is 4. The summed E-state index contributed by atoms with van der Waals surface area (Å²) in [4.78, 5) is 21.0. The second-order valence-corrected chi connectivity index (χ2v) is 7.78. The maximum absolute atomic E-state index is 11.7. The lowest BCUT2D eigenvalue weighted by Crippen LogP contribution is -2.23. The molecule has 7 heteroatoms. The predicted molar refractivity (Wildman–Crippen MR) is 124 cm³/mol. The van der Waals surface area contributed by atoms with E-state index in [1.54, 1.807) is 12.4 Å². The summed E-state index contributed by atoms with van der Waals surface area (Å²) in [6.45, 7) is 6.56. The van der Waals surface area contributed by atoms with E-state index in [9.17, 15) is 4.79 Å². The molecule has 4 rings (SSSR count). The summed E-state index contributed by atoms with van der Waals surface area (Å²) < 4.78 is 8.14. The number of carbonyl (C=O) groups excluding carboxylic acids is 1. The summed E-state index contributed by atoms with van der Waals surface area (Å²) in [5.41, 5.74) is 6.66. The molecule has 0 aliphatic rings. The van der Waals surface area contributed by atoms with Gasteiger partial charge in [-0.1, -0.05) is 19.1 Å². The molecule has 1 amide bonds. The van der Waals surface area contributed by atoms with Crippen LogP contribution >= 0.6 is 0 Å². The van der Waals surface area contributed by atoms with Crippen LogP contribution in [0, 0.1) is 13.8 Å². The highest BCUT2D eigenvalue weighted by Gasteiger charge is 2.15. The van der Waals surface area contributed by atoms with Crippen molar-refractivity contribution in [3.8, 4) is 17.0 Å². The van der Waals surface area contributed by atoms with Crippen molar-refractivity contribution < 1.29 is 9.53 Å². The van der Waals surface area contributed by atoms with Gasteiger partial charge in [0.2, 0.25) is 5.91 Å². The lowest BCUT2D eigenvalue weighted by Gasteiger charge is -2.15. The first kappa shape index (κ1) is 21.5. The number of pyridine rings is 2. The van der Waals surface area contributed by atoms with E-state index >= 15 is 0 Å². The molecule has 3 heterocycles. The summed E-state index contributed by atoms with van der Waals surface area (Å²) in [5.74, 6) is 0.706. The number of ether oxygens (including phenoxy) is 1. The largest absolute Gasteiger partial charge is 0.487 e. The molecule has 0 radical (unpaired) electrons. The van der Waals surface area contributed by atoms with E-state index in [0.717, 1.165) is 44.7 Å². The molecule has 7 nitrogen and oxygen atoms in total. The van der Waals surface area contributed by atoms with Crippen LogP contribution in [-0.4, -0.2) is 25.7 Å². The first-order valence-electron chi connectivity index (χ1n) is 10.7. The van der Waals surface area contributed by atoms with E-state index in [0.29, 0.717) is 25.3 Å². The van der Waals surface area contributed by atoms with E-state index in [1.807, 2.05) is 56.8 Å². The molecule has 1 N–H and O–H groups in total. The molecule has 0 bridgehead atoms. The van der Waals surface area contributed by atoms with Crippen molar-refractivity contribution >= 4 is 16.8 Å². The quantitative estimate of drug-likeness (QED) is 0.475. The van der Waals surface area contributed by atoms with E-state index in [-0.39, 0.29) is 5.91 Å². The van der Waals surface area contributed by atoms with E-state index in [1.165, 1.54) is 0 Å². The van der Waals surface area contributed by atoms with Gasteiger partial charge in [0.15, 0.2) is 0 Å². The smallest absolute Gasteiger partial charge is 0.220 e. The first-order valence-corrected chi connectivity index (χ1v) is 10.7. The predicted octanol–water partition coefficient (Wildman–Crippen LogP) is 4.25. The average molecular weight is 430 g/mol. The van der Waals surface area contributed by atoms with Crippen LogP contribution in [-0.2, 0) is 25.0 Å². The number of aryl methyl sites for hydroxylation is 3. The molecule has 0 unspecified atom stereocenters. The van der Waals surface area contributed by atoms with E-state index in [4.69, 9.17) is 9.72 Å². The Bertz CT molecular complexity index is 1280. The maximum Gasteiger partial charge on any atom is 0.220 e. The summed E-state index contributed by atoms with van der Waals surface area (Å²) >= 11 is 0. The number of benzene rings is 1. The van der Waals surface area contributed by atoms with Crippen LogP contribution in [0.15, 0.2) is 48.8 Å². The van der Waals surface area contributed by atoms with Gasteiger partial charge in [-0.3, -0.25) is 14.5 Å². The lowest BCUT2D eigenvalue weighted by atomic mass is 10.0. The minimum absolute atomic E-state index is 0.00315. The number of amides is 1. The number of nitrogens with zero attached hydrogens (tertiary/aromatic N) is 4. The Kier molecular flexibility index (Phi) is 6.16. The topological polar surface area (TPSA) is 81.9 Å². The molecule has 0 saturated carbocycles. The molecular weight excluding hydrogens is 402 g/mol. The van der Waals surface area contributed by atoms with Gasteiger partial charge < -0.3 is 10.1 Å². The highest BCUT2D eigenvalue weighted by atomic mass is 16.5. The number of hydrogen-bond donors (Lipinski definition) is 1. The molecule has 4 aromatic rings. The normalized spacial score (nSPS) is 11.0. The second kappa shape index (κ2) is 9.18. The average Bonchev–Trinajstić information content (AvgIpc) is 3.22. The van der Waals surface area contributed by atoms with Crippen molar-refractivity contribution in [3.63, 3.8) is 0 Å². The van der Waals surface area contributed by atoms with Crippen molar-refractivity contribution in [2.24, 2.45) is 7.05 Å². The summed E-state index contributed by atoms with van der Waals surface area (Å²) in [5, 5.41) is 8.22. The lowest BCUT2D eigenvalue weighted by molar-refractivity contribution is -0.120. The molecule has 0 saturated heterocycles. The van der Waals surface area contributed by atoms with Crippen LogP contribution in [0.4, 0.5) is 0 Å². The van der Waals surface area contributed by atoms with Crippen LogP contribution in [0.3, 0.4) is 0 Å². The Morgan fingerprint density at radius 3 is 2.75 bits per heavy atom. The first-order chi connectivity index (χ1) is 15.5. The zero-order valence-electron chi connectivity index (χ0n) is 18.8. The van der Waals surface area contributed by atoms with Crippen LogP contribution in [0.25, 0.3) is 22.2 Å². The SMILES string of the molecule is CCC(=O)NCc1nccc(C)c1COc1cccc2c(-c3ccnn3C)cc(C)nc12. The summed E-state index contributed by atoms with van der Waals surface area (Å²) in [6, 6.07) is 12.0. The van der Waals surface area contributed by atoms with Gasteiger partial charge in [-0.2, -0.15) is 5.10 Å². The minimum atomic E-state index is -0.00315. The Balaban J connectivity index is 1.68. The van der Waals surface area contributed by atoms with Gasteiger partial charge in [-0.15, -0.1) is 0 Å². The molecule has 0 aliphatic heterocycles. The van der Waals surface area contributed by atoms with Crippen molar-refractivity contribution in [1.29, 1.82) is 0 Å². The van der Waals surface area contributed by atoms with Crippen LogP contribution < -0.4 is 10.1 Å². The fraction of sp³-hybridized carbons (Fsp3) is 0.280. The van der Waals surface area contributed by atoms with Crippen molar-refractivity contribution in [2.75, 3.05) is 0 Å². The zero-order chi connectivity index (χ0) is 22.7. The minimum Gasteiger partial charge on any atom is -0.487 e. The summed E-state index contributed by atoms with van der Waals surface area (Å²) in [7, 11) is 1.93. The Hall–Kier alpha value is -3.74. The van der Waals surface area contributed by atoms with E-state index < -0.39 is 0 Å². The Morgan fingerprint density at radius 2 is 2.00 bits per heavy atom. The Morgan fingerprint density at radius 1 is 1.16 bits per heavy atom. The third-order valence-electron chi connectivity index (χ3n) is 5.55. The number of fused-ring (bicyclic) bond motifs is 1.